The lowest BCUT2D eigenvalue weighted by Gasteiger charge is -2.24. The maximum Gasteiger partial charge on any atom is 0.500 e. The van der Waals surface area contributed by atoms with E-state index >= 15 is 0 Å². The molecule has 0 saturated carbocycles. The Labute approximate surface area is 183 Å². The molecule has 0 fully saturated rings. The molecule has 0 atom stereocenters. The van der Waals surface area contributed by atoms with Crippen LogP contribution in [0.2, 0.25) is 6.04 Å². The smallest absolute Gasteiger partial charge is 0.377 e. The van der Waals surface area contributed by atoms with Crippen LogP contribution >= 0.6 is 0 Å². The first kappa shape index (κ1) is 28.8. The van der Waals surface area contributed by atoms with Gasteiger partial charge >= 0.3 is 8.80 Å². The summed E-state index contributed by atoms with van der Waals surface area (Å²) in [6.45, 7) is 4.40. The quantitative estimate of drug-likeness (QED) is 0.109. The second-order valence-electron chi connectivity index (χ2n) is 8.09. The molecule has 0 spiro atoms. The molecule has 0 saturated heterocycles. The van der Waals surface area contributed by atoms with Crippen molar-refractivity contribution in [2.75, 3.05) is 34.4 Å². The molecule has 0 bridgehead atoms. The number of allylic oxidation sites excluding steroid dienone is 2. The summed E-state index contributed by atoms with van der Waals surface area (Å²) in [6, 6.07) is 0.872. The maximum atomic E-state index is 5.44. The van der Waals surface area contributed by atoms with Gasteiger partial charge in [0.1, 0.15) is 0 Å². The van der Waals surface area contributed by atoms with Gasteiger partial charge in [0.2, 0.25) is 0 Å². The van der Waals surface area contributed by atoms with Gasteiger partial charge in [-0.1, -0.05) is 76.9 Å². The van der Waals surface area contributed by atoms with E-state index in [1.54, 1.807) is 21.3 Å². The summed E-state index contributed by atoms with van der Waals surface area (Å²) < 4.78 is 16.3. The Morgan fingerprint density at radius 2 is 1.03 bits per heavy atom. The summed E-state index contributed by atoms with van der Waals surface area (Å²) in [4.78, 5) is 0. The topological polar surface area (TPSA) is 39.7 Å². The lowest BCUT2D eigenvalue weighted by atomic mass is 10.1. The fraction of sp³-hybridized carbons (Fsp3) is 0.917. The Hall–Kier alpha value is -0.203. The van der Waals surface area contributed by atoms with E-state index in [0.29, 0.717) is 0 Å². The zero-order valence-electron chi connectivity index (χ0n) is 20.1. The summed E-state index contributed by atoms with van der Waals surface area (Å²) >= 11 is 0. The molecule has 0 unspecified atom stereocenters. The molecule has 0 radical (unpaired) electrons. The van der Waals surface area contributed by atoms with Crippen LogP contribution in [0, 0.1) is 0 Å². The van der Waals surface area contributed by atoms with Crippen LogP contribution in [0.1, 0.15) is 103 Å². The monoisotopic (exact) mass is 429 g/mol. The van der Waals surface area contributed by atoms with Crippen molar-refractivity contribution in [3.05, 3.63) is 12.2 Å². The number of nitrogens with one attached hydrogen (secondary N) is 1. The summed E-state index contributed by atoms with van der Waals surface area (Å²) in [5.41, 5.74) is 0. The molecule has 0 amide bonds. The van der Waals surface area contributed by atoms with Gasteiger partial charge in [0.25, 0.3) is 0 Å². The van der Waals surface area contributed by atoms with Gasteiger partial charge in [-0.05, 0) is 51.6 Å². The van der Waals surface area contributed by atoms with Gasteiger partial charge in [-0.25, -0.2) is 0 Å². The number of rotatable bonds is 23. The first-order valence-corrected chi connectivity index (χ1v) is 14.2. The van der Waals surface area contributed by atoms with Crippen molar-refractivity contribution in [2.24, 2.45) is 0 Å². The van der Waals surface area contributed by atoms with Gasteiger partial charge in [-0.2, -0.15) is 0 Å². The van der Waals surface area contributed by atoms with Crippen LogP contribution < -0.4 is 5.32 Å². The first-order valence-electron chi connectivity index (χ1n) is 12.3. The van der Waals surface area contributed by atoms with Crippen molar-refractivity contribution in [1.82, 2.24) is 5.32 Å². The molecule has 4 nitrogen and oxygen atoms in total. The molecule has 0 aromatic rings. The molecule has 0 aliphatic carbocycles. The molecular formula is C24H51NO3Si. The summed E-state index contributed by atoms with van der Waals surface area (Å²) in [5.74, 6) is 0. The Morgan fingerprint density at radius 3 is 1.55 bits per heavy atom. The van der Waals surface area contributed by atoms with Crippen LogP contribution in [-0.4, -0.2) is 43.2 Å². The van der Waals surface area contributed by atoms with E-state index in [-0.39, 0.29) is 0 Å². The van der Waals surface area contributed by atoms with Gasteiger partial charge in [-0.15, -0.1) is 0 Å². The molecule has 0 aromatic carbocycles. The minimum absolute atomic E-state index is 0.872. The van der Waals surface area contributed by atoms with E-state index in [1.165, 1.54) is 89.9 Å². The molecule has 0 aromatic heterocycles. The molecule has 0 aliphatic rings. The highest BCUT2D eigenvalue weighted by Gasteiger charge is 2.36. The zero-order valence-corrected chi connectivity index (χ0v) is 21.1. The van der Waals surface area contributed by atoms with Crippen LogP contribution in [0.15, 0.2) is 12.2 Å². The molecule has 29 heavy (non-hydrogen) atoms. The second kappa shape index (κ2) is 22.5. The standard InChI is InChI=1S/C24H51NO3Si/c1-5-6-7-8-9-10-11-12-13-14-15-16-17-18-19-20-22-25-23-21-24-29(26-2,27-3)28-4/h12-13,25H,5-11,14-24H2,1-4H3/b13-12-. The Balaban J connectivity index is 3.25. The van der Waals surface area contributed by atoms with E-state index in [0.717, 1.165) is 25.6 Å². The second-order valence-corrected chi connectivity index (χ2v) is 11.2. The highest BCUT2D eigenvalue weighted by atomic mass is 28.4. The summed E-state index contributed by atoms with van der Waals surface area (Å²) in [5, 5.41) is 3.53. The third-order valence-electron chi connectivity index (χ3n) is 5.63. The minimum Gasteiger partial charge on any atom is -0.377 e. The largest absolute Gasteiger partial charge is 0.500 e. The van der Waals surface area contributed by atoms with Gasteiger partial charge < -0.3 is 18.6 Å². The first-order chi connectivity index (χ1) is 14.2. The van der Waals surface area contributed by atoms with Crippen molar-refractivity contribution in [2.45, 2.75) is 109 Å². The molecule has 0 heterocycles. The van der Waals surface area contributed by atoms with Crippen LogP contribution in [-0.2, 0) is 13.3 Å². The highest BCUT2D eigenvalue weighted by Crippen LogP contribution is 2.14. The van der Waals surface area contributed by atoms with Gasteiger partial charge in [0.15, 0.2) is 0 Å². The average Bonchev–Trinajstić information content (AvgIpc) is 2.75. The fourth-order valence-corrected chi connectivity index (χ4v) is 5.33. The van der Waals surface area contributed by atoms with Crippen LogP contribution in [0.25, 0.3) is 0 Å². The molecular weight excluding hydrogens is 378 g/mol. The number of hydrogen-bond acceptors (Lipinski definition) is 4. The molecule has 1 N–H and O–H groups in total. The van der Waals surface area contributed by atoms with Crippen molar-refractivity contribution in [1.29, 1.82) is 0 Å². The molecule has 174 valence electrons. The molecule has 0 aliphatic heterocycles. The van der Waals surface area contributed by atoms with E-state index < -0.39 is 8.80 Å². The predicted octanol–water partition coefficient (Wildman–Crippen LogP) is 6.88. The van der Waals surface area contributed by atoms with E-state index in [9.17, 15) is 0 Å². The molecule has 5 heteroatoms. The van der Waals surface area contributed by atoms with Crippen molar-refractivity contribution in [3.63, 3.8) is 0 Å². The maximum absolute atomic E-state index is 5.44. The third-order valence-corrected chi connectivity index (χ3v) is 8.47. The van der Waals surface area contributed by atoms with Crippen LogP contribution in [0.3, 0.4) is 0 Å². The SMILES string of the molecule is CCCCCCCC/C=C\CCCCCCCCNCCC[Si](OC)(OC)OC. The molecule has 0 rings (SSSR count). The number of hydrogen-bond donors (Lipinski definition) is 1. The lowest BCUT2D eigenvalue weighted by Crippen LogP contribution is -2.43. The minimum atomic E-state index is -2.38. The normalized spacial score (nSPS) is 12.3. The van der Waals surface area contributed by atoms with Crippen molar-refractivity contribution < 1.29 is 13.3 Å². The predicted molar refractivity (Wildman–Crippen MR) is 129 cm³/mol. The Kier molecular flexibility index (Phi) is 22.3. The van der Waals surface area contributed by atoms with Crippen LogP contribution in [0.5, 0.6) is 0 Å². The van der Waals surface area contributed by atoms with Gasteiger partial charge in [-0.3, -0.25) is 0 Å². The number of unbranched alkanes of at least 4 members (excludes halogenated alkanes) is 12. The fourth-order valence-electron chi connectivity index (χ4n) is 3.61. The van der Waals surface area contributed by atoms with Gasteiger partial charge in [0, 0.05) is 27.4 Å². The lowest BCUT2D eigenvalue weighted by molar-refractivity contribution is 0.123. The summed E-state index contributed by atoms with van der Waals surface area (Å²) in [6.07, 6.45) is 24.9. The third kappa shape index (κ3) is 18.3. The van der Waals surface area contributed by atoms with E-state index in [4.69, 9.17) is 13.3 Å². The summed E-state index contributed by atoms with van der Waals surface area (Å²) in [7, 11) is 2.66. The van der Waals surface area contributed by atoms with E-state index in [2.05, 4.69) is 24.4 Å². The highest BCUT2D eigenvalue weighted by molar-refractivity contribution is 6.60. The van der Waals surface area contributed by atoms with E-state index in [1.807, 2.05) is 0 Å². The van der Waals surface area contributed by atoms with Crippen molar-refractivity contribution >= 4 is 8.80 Å². The Morgan fingerprint density at radius 1 is 0.586 bits per heavy atom. The zero-order chi connectivity index (χ0) is 21.5. The van der Waals surface area contributed by atoms with Crippen molar-refractivity contribution in [3.8, 4) is 0 Å². The Bertz CT molecular complexity index is 341. The van der Waals surface area contributed by atoms with Gasteiger partial charge in [0.05, 0.1) is 0 Å². The average molecular weight is 430 g/mol. The van der Waals surface area contributed by atoms with Crippen LogP contribution in [0.4, 0.5) is 0 Å².